The molecule has 0 rings (SSSR count). The molecule has 0 aromatic carbocycles. The van der Waals surface area contributed by atoms with Crippen molar-refractivity contribution in [1.82, 2.24) is 0 Å². The monoisotopic (exact) mass is 145 g/mol. The summed E-state index contributed by atoms with van der Waals surface area (Å²) < 4.78 is -0.476. The third kappa shape index (κ3) is 1.80. The molecule has 0 aliphatic heterocycles. The van der Waals surface area contributed by atoms with Crippen molar-refractivity contribution in [2.75, 3.05) is 19.7 Å². The summed E-state index contributed by atoms with van der Waals surface area (Å²) in [7, 11) is 0. The molecule has 3 nitrogen and oxygen atoms in total. The lowest BCUT2D eigenvalue weighted by molar-refractivity contribution is -0.840. The fourth-order valence-electron chi connectivity index (χ4n) is 0.800. The van der Waals surface area contributed by atoms with E-state index in [1.165, 1.54) is 0 Å². The Bertz CT molecular complexity index is 119. The Morgan fingerprint density at radius 2 is 1.90 bits per heavy atom. The highest BCUT2D eigenvalue weighted by Gasteiger charge is 2.14. The first-order valence-corrected chi connectivity index (χ1v) is 3.48. The van der Waals surface area contributed by atoms with Gasteiger partial charge in [-0.3, -0.25) is 0 Å². The number of aliphatic hydroxyl groups is 1. The standard InChI is InChI=1S/C7H15NO2/c1-4-8(10,5-2)7(3)6-9/h9H,3-6H2,1-2H3. The lowest BCUT2D eigenvalue weighted by atomic mass is 10.4. The third-order valence-electron chi connectivity index (χ3n) is 1.78. The van der Waals surface area contributed by atoms with E-state index >= 15 is 0 Å². The average molecular weight is 145 g/mol. The molecule has 3 heteroatoms. The number of hydroxylamine groups is 3. The topological polar surface area (TPSA) is 43.3 Å². The van der Waals surface area contributed by atoms with E-state index in [2.05, 4.69) is 6.58 Å². The van der Waals surface area contributed by atoms with Gasteiger partial charge in [0.15, 0.2) is 0 Å². The second kappa shape index (κ2) is 3.71. The molecule has 0 amide bonds. The Morgan fingerprint density at radius 3 is 2.00 bits per heavy atom. The van der Waals surface area contributed by atoms with Crippen molar-refractivity contribution < 1.29 is 9.75 Å². The molecule has 0 fully saturated rings. The van der Waals surface area contributed by atoms with E-state index in [0.717, 1.165) is 0 Å². The first-order valence-electron chi connectivity index (χ1n) is 3.48. The summed E-state index contributed by atoms with van der Waals surface area (Å²) in [6.07, 6.45) is 0. The molecule has 0 aliphatic carbocycles. The van der Waals surface area contributed by atoms with E-state index in [1.54, 1.807) is 13.8 Å². The van der Waals surface area contributed by atoms with Gasteiger partial charge in [0.05, 0.1) is 13.1 Å². The van der Waals surface area contributed by atoms with Crippen molar-refractivity contribution in [1.29, 1.82) is 0 Å². The van der Waals surface area contributed by atoms with Crippen LogP contribution < -0.4 is 0 Å². The number of likely N-dealkylation sites (N-methyl/N-ethyl adjacent to an activating group) is 1. The fraction of sp³-hybridized carbons (Fsp3) is 0.714. The molecule has 0 saturated carbocycles. The lowest BCUT2D eigenvalue weighted by Gasteiger charge is -2.41. The van der Waals surface area contributed by atoms with Crippen molar-refractivity contribution >= 4 is 0 Å². The maximum Gasteiger partial charge on any atom is 0.127 e. The Hall–Kier alpha value is -0.380. The van der Waals surface area contributed by atoms with E-state index in [9.17, 15) is 5.21 Å². The number of rotatable bonds is 4. The highest BCUT2D eigenvalue weighted by atomic mass is 16.5. The van der Waals surface area contributed by atoms with Crippen molar-refractivity contribution in [3.8, 4) is 0 Å². The molecular weight excluding hydrogens is 130 g/mol. The molecule has 0 aliphatic rings. The van der Waals surface area contributed by atoms with Gasteiger partial charge in [0.2, 0.25) is 0 Å². The summed E-state index contributed by atoms with van der Waals surface area (Å²) in [6.45, 7) is 7.74. The molecule has 0 spiro atoms. The number of aliphatic hydroxyl groups excluding tert-OH is 1. The summed E-state index contributed by atoms with van der Waals surface area (Å²) in [4.78, 5) is 0. The van der Waals surface area contributed by atoms with Crippen LogP contribution in [-0.2, 0) is 0 Å². The predicted molar refractivity (Wildman–Crippen MR) is 40.9 cm³/mol. The highest BCUT2D eigenvalue weighted by molar-refractivity contribution is 4.83. The van der Waals surface area contributed by atoms with Crippen molar-refractivity contribution in [2.24, 2.45) is 0 Å². The average Bonchev–Trinajstić information content (AvgIpc) is 2.01. The largest absolute Gasteiger partial charge is 0.628 e. The van der Waals surface area contributed by atoms with Crippen LogP contribution in [-0.4, -0.2) is 29.4 Å². The molecule has 1 N–H and O–H groups in total. The number of nitrogens with zero attached hydrogens (tertiary/aromatic N) is 1. The van der Waals surface area contributed by atoms with Gasteiger partial charge in [-0.05, 0) is 20.4 Å². The number of quaternary nitrogens is 1. The summed E-state index contributed by atoms with van der Waals surface area (Å²) >= 11 is 0. The van der Waals surface area contributed by atoms with E-state index in [-0.39, 0.29) is 6.61 Å². The van der Waals surface area contributed by atoms with Crippen LogP contribution in [0.2, 0.25) is 0 Å². The fourth-order valence-corrected chi connectivity index (χ4v) is 0.800. The van der Waals surface area contributed by atoms with Crippen LogP contribution in [0.5, 0.6) is 0 Å². The van der Waals surface area contributed by atoms with Crippen molar-refractivity contribution in [3.05, 3.63) is 17.5 Å². The molecule has 0 heterocycles. The molecule has 0 aromatic rings. The highest BCUT2D eigenvalue weighted by Crippen LogP contribution is 2.11. The van der Waals surface area contributed by atoms with Crippen LogP contribution in [0.3, 0.4) is 0 Å². The van der Waals surface area contributed by atoms with Gasteiger partial charge in [-0.1, -0.05) is 0 Å². The zero-order valence-corrected chi connectivity index (χ0v) is 6.63. The Kier molecular flexibility index (Phi) is 3.57. The van der Waals surface area contributed by atoms with Crippen LogP contribution in [0.1, 0.15) is 13.8 Å². The maximum atomic E-state index is 11.4. The van der Waals surface area contributed by atoms with Crippen LogP contribution in [0.15, 0.2) is 12.3 Å². The van der Waals surface area contributed by atoms with Gasteiger partial charge in [0.1, 0.15) is 12.3 Å². The molecule has 0 saturated heterocycles. The van der Waals surface area contributed by atoms with E-state index < -0.39 is 4.65 Å². The molecule has 0 radical (unpaired) electrons. The van der Waals surface area contributed by atoms with Gasteiger partial charge in [-0.15, -0.1) is 0 Å². The smallest absolute Gasteiger partial charge is 0.127 e. The summed E-state index contributed by atoms with van der Waals surface area (Å²) in [5, 5.41) is 20.1. The lowest BCUT2D eigenvalue weighted by Crippen LogP contribution is -2.41. The van der Waals surface area contributed by atoms with Crippen molar-refractivity contribution in [2.45, 2.75) is 13.8 Å². The maximum absolute atomic E-state index is 11.4. The van der Waals surface area contributed by atoms with Gasteiger partial charge in [-0.25, -0.2) is 0 Å². The quantitative estimate of drug-likeness (QED) is 0.470. The van der Waals surface area contributed by atoms with Crippen molar-refractivity contribution in [3.63, 3.8) is 0 Å². The molecule has 0 unspecified atom stereocenters. The second-order valence-electron chi connectivity index (χ2n) is 2.25. The van der Waals surface area contributed by atoms with Crippen LogP contribution in [0.4, 0.5) is 0 Å². The van der Waals surface area contributed by atoms with Gasteiger partial charge >= 0.3 is 0 Å². The normalized spacial score (nSPS) is 11.6. The molecule has 0 aromatic heterocycles. The predicted octanol–water partition coefficient (Wildman–Crippen LogP) is 0.847. The Labute approximate surface area is 61.8 Å². The summed E-state index contributed by atoms with van der Waals surface area (Å²) in [6, 6.07) is 0. The van der Waals surface area contributed by atoms with E-state index in [0.29, 0.717) is 18.8 Å². The van der Waals surface area contributed by atoms with E-state index in [4.69, 9.17) is 5.11 Å². The first-order chi connectivity index (χ1) is 4.60. The van der Waals surface area contributed by atoms with Crippen LogP contribution in [0.25, 0.3) is 0 Å². The molecule has 10 heavy (non-hydrogen) atoms. The first kappa shape index (κ1) is 9.62. The van der Waals surface area contributed by atoms with E-state index in [1.807, 2.05) is 0 Å². The summed E-state index contributed by atoms with van der Waals surface area (Å²) in [5.41, 5.74) is 0.338. The molecule has 0 atom stereocenters. The molecule has 0 bridgehead atoms. The summed E-state index contributed by atoms with van der Waals surface area (Å²) in [5.74, 6) is 0. The number of hydrogen-bond donors (Lipinski definition) is 1. The molecule has 60 valence electrons. The Balaban J connectivity index is 4.17. The number of hydrogen-bond acceptors (Lipinski definition) is 2. The second-order valence-corrected chi connectivity index (χ2v) is 2.25. The van der Waals surface area contributed by atoms with Gasteiger partial charge in [-0.2, -0.15) is 0 Å². The third-order valence-corrected chi connectivity index (χ3v) is 1.78. The zero-order valence-electron chi connectivity index (χ0n) is 6.63. The Morgan fingerprint density at radius 1 is 1.50 bits per heavy atom. The van der Waals surface area contributed by atoms with Gasteiger partial charge < -0.3 is 15.0 Å². The van der Waals surface area contributed by atoms with Crippen LogP contribution >= 0.6 is 0 Å². The minimum Gasteiger partial charge on any atom is -0.628 e. The minimum atomic E-state index is -0.476. The van der Waals surface area contributed by atoms with Gasteiger partial charge in [0.25, 0.3) is 0 Å². The van der Waals surface area contributed by atoms with Gasteiger partial charge in [0, 0.05) is 0 Å². The SMILES string of the molecule is C=C(CO)[N+]([O-])(CC)CC. The van der Waals surface area contributed by atoms with Crippen LogP contribution in [0, 0.1) is 5.21 Å². The zero-order chi connectivity index (χ0) is 8.20. The minimum absolute atomic E-state index is 0.217. The molecular formula is C7H15NO2.